The lowest BCUT2D eigenvalue weighted by atomic mass is 9.98. The molecule has 0 aliphatic carbocycles. The van der Waals surface area contributed by atoms with Crippen molar-refractivity contribution in [1.29, 1.82) is 0 Å². The van der Waals surface area contributed by atoms with E-state index in [0.717, 1.165) is 11.1 Å². The molecule has 0 heterocycles. The van der Waals surface area contributed by atoms with Crippen LogP contribution in [0.1, 0.15) is 36.1 Å². The molecule has 4 nitrogen and oxygen atoms in total. The Kier molecular flexibility index (Phi) is 5.79. The summed E-state index contributed by atoms with van der Waals surface area (Å²) in [5.41, 5.74) is 2.18. The third-order valence-electron chi connectivity index (χ3n) is 2.85. The molecule has 1 aromatic rings. The van der Waals surface area contributed by atoms with Gasteiger partial charge < -0.3 is 14.9 Å². The van der Waals surface area contributed by atoms with Crippen LogP contribution in [0.15, 0.2) is 12.1 Å². The Balaban J connectivity index is 2.82. The van der Waals surface area contributed by atoms with Crippen molar-refractivity contribution in [3.63, 3.8) is 0 Å². The van der Waals surface area contributed by atoms with Gasteiger partial charge in [0.05, 0.1) is 19.1 Å². The summed E-state index contributed by atoms with van der Waals surface area (Å²) in [5.74, 6) is -0.531. The molecule has 2 N–H and O–H groups in total. The molecule has 1 aromatic carbocycles. The number of hydrogen-bond acceptors (Lipinski definition) is 4. The van der Waals surface area contributed by atoms with E-state index in [1.165, 1.54) is 0 Å². The third-order valence-corrected chi connectivity index (χ3v) is 3.44. The minimum Gasteiger partial charge on any atom is -0.466 e. The van der Waals surface area contributed by atoms with Crippen molar-refractivity contribution in [2.75, 3.05) is 6.61 Å². The van der Waals surface area contributed by atoms with Crippen molar-refractivity contribution >= 4 is 17.6 Å². The first-order valence-electron chi connectivity index (χ1n) is 6.15. The molecule has 0 bridgehead atoms. The van der Waals surface area contributed by atoms with Crippen LogP contribution in [0.25, 0.3) is 0 Å². The summed E-state index contributed by atoms with van der Waals surface area (Å²) < 4.78 is 4.73. The average molecular weight is 287 g/mol. The molecule has 1 rings (SSSR count). The maximum atomic E-state index is 11.3. The Morgan fingerprint density at radius 1 is 1.32 bits per heavy atom. The zero-order valence-corrected chi connectivity index (χ0v) is 12.1. The van der Waals surface area contributed by atoms with Gasteiger partial charge >= 0.3 is 5.97 Å². The number of aryl methyl sites for hydroxylation is 2. The fourth-order valence-corrected chi connectivity index (χ4v) is 1.98. The van der Waals surface area contributed by atoms with E-state index in [-0.39, 0.29) is 13.0 Å². The Morgan fingerprint density at radius 3 is 2.32 bits per heavy atom. The topological polar surface area (TPSA) is 66.8 Å². The van der Waals surface area contributed by atoms with E-state index in [2.05, 4.69) is 0 Å². The van der Waals surface area contributed by atoms with Gasteiger partial charge in [-0.2, -0.15) is 0 Å². The molecule has 2 atom stereocenters. The van der Waals surface area contributed by atoms with Gasteiger partial charge in [-0.15, -0.1) is 0 Å². The second kappa shape index (κ2) is 6.89. The van der Waals surface area contributed by atoms with Crippen molar-refractivity contribution in [2.24, 2.45) is 0 Å². The van der Waals surface area contributed by atoms with Crippen LogP contribution in [0, 0.1) is 13.8 Å². The number of hydrogen-bond donors (Lipinski definition) is 2. The van der Waals surface area contributed by atoms with Gasteiger partial charge in [0.1, 0.15) is 6.10 Å². The maximum Gasteiger partial charge on any atom is 0.308 e. The summed E-state index contributed by atoms with van der Waals surface area (Å²) in [6.07, 6.45) is -2.58. The Labute approximate surface area is 118 Å². The minimum atomic E-state index is -1.20. The first kappa shape index (κ1) is 16.0. The number of aliphatic hydroxyl groups excluding tert-OH is 2. The van der Waals surface area contributed by atoms with Crippen LogP contribution < -0.4 is 0 Å². The van der Waals surface area contributed by atoms with E-state index in [0.29, 0.717) is 10.6 Å². The van der Waals surface area contributed by atoms with Crippen molar-refractivity contribution in [3.05, 3.63) is 33.8 Å². The molecule has 19 heavy (non-hydrogen) atoms. The summed E-state index contributed by atoms with van der Waals surface area (Å²) in [6, 6.07) is 3.41. The van der Waals surface area contributed by atoms with Crippen LogP contribution in [0.5, 0.6) is 0 Å². The molecule has 0 amide bonds. The lowest BCUT2D eigenvalue weighted by Crippen LogP contribution is -2.23. The van der Waals surface area contributed by atoms with Crippen molar-refractivity contribution in [3.8, 4) is 0 Å². The summed E-state index contributed by atoms with van der Waals surface area (Å²) in [6.45, 7) is 5.58. The number of esters is 1. The molecule has 106 valence electrons. The van der Waals surface area contributed by atoms with Crippen LogP contribution >= 0.6 is 11.6 Å². The number of carbonyl (C=O) groups is 1. The number of benzene rings is 1. The Morgan fingerprint density at radius 2 is 1.84 bits per heavy atom. The fraction of sp³-hybridized carbons (Fsp3) is 0.500. The second-order valence-electron chi connectivity index (χ2n) is 4.49. The number of halogens is 1. The Hall–Kier alpha value is -1.10. The molecule has 0 fully saturated rings. The quantitative estimate of drug-likeness (QED) is 0.815. The normalized spacial score (nSPS) is 14.0. The number of carbonyl (C=O) groups excluding carboxylic acids is 1. The highest BCUT2D eigenvalue weighted by Gasteiger charge is 2.23. The van der Waals surface area contributed by atoms with E-state index in [1.54, 1.807) is 19.1 Å². The van der Waals surface area contributed by atoms with Gasteiger partial charge in [0.25, 0.3) is 0 Å². The fourth-order valence-electron chi connectivity index (χ4n) is 1.87. The molecule has 0 radical (unpaired) electrons. The Bertz CT molecular complexity index is 436. The highest BCUT2D eigenvalue weighted by atomic mass is 35.5. The van der Waals surface area contributed by atoms with Gasteiger partial charge in [0.15, 0.2) is 0 Å². The first-order valence-corrected chi connectivity index (χ1v) is 6.53. The molecule has 0 aliphatic rings. The van der Waals surface area contributed by atoms with E-state index in [9.17, 15) is 15.0 Å². The maximum absolute atomic E-state index is 11.3. The molecule has 0 aromatic heterocycles. The largest absolute Gasteiger partial charge is 0.466 e. The predicted molar refractivity (Wildman–Crippen MR) is 73.1 cm³/mol. The summed E-state index contributed by atoms with van der Waals surface area (Å²) in [5, 5.41) is 20.5. The van der Waals surface area contributed by atoms with Crippen LogP contribution in [0.3, 0.4) is 0 Å². The average Bonchev–Trinajstić information content (AvgIpc) is 2.34. The van der Waals surface area contributed by atoms with Crippen molar-refractivity contribution in [1.82, 2.24) is 0 Å². The van der Waals surface area contributed by atoms with Gasteiger partial charge in [-0.3, -0.25) is 4.79 Å². The monoisotopic (exact) mass is 286 g/mol. The van der Waals surface area contributed by atoms with Gasteiger partial charge in [0.2, 0.25) is 0 Å². The van der Waals surface area contributed by atoms with Gasteiger partial charge in [-0.25, -0.2) is 0 Å². The third kappa shape index (κ3) is 4.20. The second-order valence-corrected chi connectivity index (χ2v) is 4.87. The molecule has 2 unspecified atom stereocenters. The number of aliphatic hydroxyl groups is 2. The molecule has 0 aliphatic heterocycles. The van der Waals surface area contributed by atoms with E-state index in [4.69, 9.17) is 16.3 Å². The van der Waals surface area contributed by atoms with Crippen LogP contribution in [-0.2, 0) is 9.53 Å². The van der Waals surface area contributed by atoms with Crippen LogP contribution in [0.4, 0.5) is 0 Å². The lowest BCUT2D eigenvalue weighted by Gasteiger charge is -2.19. The summed E-state index contributed by atoms with van der Waals surface area (Å²) in [4.78, 5) is 11.3. The molecule has 0 saturated heterocycles. The molecular weight excluding hydrogens is 268 g/mol. The summed E-state index contributed by atoms with van der Waals surface area (Å²) >= 11 is 6.04. The predicted octanol–water partition coefficient (Wildman–Crippen LogP) is 2.30. The molecule has 5 heteroatoms. The van der Waals surface area contributed by atoms with Crippen molar-refractivity contribution in [2.45, 2.75) is 39.4 Å². The zero-order valence-electron chi connectivity index (χ0n) is 11.3. The van der Waals surface area contributed by atoms with E-state index >= 15 is 0 Å². The SMILES string of the molecule is CCOC(=O)CC(O)C(O)c1cc(C)c(Cl)c(C)c1. The minimum absolute atomic E-state index is 0.240. The number of ether oxygens (including phenoxy) is 1. The van der Waals surface area contributed by atoms with E-state index < -0.39 is 18.2 Å². The van der Waals surface area contributed by atoms with Gasteiger partial charge in [-0.05, 0) is 37.5 Å². The molecule has 0 saturated carbocycles. The lowest BCUT2D eigenvalue weighted by molar-refractivity contribution is -0.147. The molecule has 0 spiro atoms. The first-order chi connectivity index (χ1) is 8.86. The highest BCUT2D eigenvalue weighted by Crippen LogP contribution is 2.27. The van der Waals surface area contributed by atoms with Crippen LogP contribution in [-0.4, -0.2) is 28.9 Å². The van der Waals surface area contributed by atoms with Crippen LogP contribution in [0.2, 0.25) is 5.02 Å². The highest BCUT2D eigenvalue weighted by molar-refractivity contribution is 6.32. The number of rotatable bonds is 5. The smallest absolute Gasteiger partial charge is 0.308 e. The van der Waals surface area contributed by atoms with Gasteiger partial charge in [-0.1, -0.05) is 23.7 Å². The standard InChI is InChI=1S/C14H19ClO4/c1-4-19-12(17)7-11(16)14(18)10-5-8(2)13(15)9(3)6-10/h5-6,11,14,16,18H,4,7H2,1-3H3. The van der Waals surface area contributed by atoms with E-state index in [1.807, 2.05) is 13.8 Å². The summed E-state index contributed by atoms with van der Waals surface area (Å²) in [7, 11) is 0. The van der Waals surface area contributed by atoms with Gasteiger partial charge in [0, 0.05) is 5.02 Å². The molecular formula is C14H19ClO4. The zero-order chi connectivity index (χ0) is 14.6. The van der Waals surface area contributed by atoms with Crippen molar-refractivity contribution < 1.29 is 19.7 Å².